The van der Waals surface area contributed by atoms with Crippen molar-refractivity contribution in [1.29, 1.82) is 0 Å². The molecule has 1 aliphatic rings. The molecular formula is C25H27N3O3. The number of amides is 2. The van der Waals surface area contributed by atoms with Crippen molar-refractivity contribution >= 4 is 22.9 Å². The average molecular weight is 418 g/mol. The van der Waals surface area contributed by atoms with E-state index in [2.05, 4.69) is 10.6 Å². The van der Waals surface area contributed by atoms with Crippen LogP contribution in [-0.4, -0.2) is 35.2 Å². The van der Waals surface area contributed by atoms with E-state index < -0.39 is 6.09 Å². The summed E-state index contributed by atoms with van der Waals surface area (Å²) in [6.45, 7) is 1.15. The first kappa shape index (κ1) is 20.8. The first-order valence-corrected chi connectivity index (χ1v) is 10.8. The summed E-state index contributed by atoms with van der Waals surface area (Å²) in [5.41, 5.74) is 3.22. The Morgan fingerprint density at radius 2 is 1.48 bits per heavy atom. The lowest BCUT2D eigenvalue weighted by Gasteiger charge is -2.28. The molecular weight excluding hydrogens is 390 g/mol. The van der Waals surface area contributed by atoms with Crippen molar-refractivity contribution in [1.82, 2.24) is 15.6 Å². The number of carbonyl (C=O) groups is 2. The summed E-state index contributed by atoms with van der Waals surface area (Å²) in [5, 5.41) is 15.2. The van der Waals surface area contributed by atoms with Crippen LogP contribution in [0.1, 0.15) is 36.0 Å². The Hall–Kier alpha value is -3.41. The maximum atomic E-state index is 13.1. The van der Waals surface area contributed by atoms with Crippen LogP contribution in [0.4, 0.5) is 4.79 Å². The van der Waals surface area contributed by atoms with Crippen molar-refractivity contribution in [3.05, 3.63) is 66.2 Å². The van der Waals surface area contributed by atoms with Gasteiger partial charge in [-0.25, -0.2) is 9.78 Å². The SMILES string of the molecule is O=C(O)NCC1CCC(CNC(=O)c2cc(-c3ccccc3)nc3ccccc23)CC1. The minimum Gasteiger partial charge on any atom is -0.465 e. The van der Waals surface area contributed by atoms with Gasteiger partial charge in [0.05, 0.1) is 16.8 Å². The van der Waals surface area contributed by atoms with Crippen LogP contribution in [0.15, 0.2) is 60.7 Å². The highest BCUT2D eigenvalue weighted by atomic mass is 16.4. The molecule has 6 heteroatoms. The van der Waals surface area contributed by atoms with Crippen molar-refractivity contribution in [2.45, 2.75) is 25.7 Å². The third-order valence-corrected chi connectivity index (χ3v) is 6.09. The third-order valence-electron chi connectivity index (χ3n) is 6.09. The lowest BCUT2D eigenvalue weighted by molar-refractivity contribution is 0.0942. The fourth-order valence-electron chi connectivity index (χ4n) is 4.32. The molecule has 31 heavy (non-hydrogen) atoms. The van der Waals surface area contributed by atoms with Gasteiger partial charge in [-0.2, -0.15) is 0 Å². The maximum absolute atomic E-state index is 13.1. The minimum atomic E-state index is -0.964. The van der Waals surface area contributed by atoms with Gasteiger partial charge >= 0.3 is 6.09 Å². The number of hydrogen-bond donors (Lipinski definition) is 3. The van der Waals surface area contributed by atoms with Gasteiger partial charge in [0, 0.05) is 24.0 Å². The standard InChI is InChI=1S/C25H27N3O3/c29-24(26-15-17-10-12-18(13-11-17)16-27-25(30)31)21-14-23(19-6-2-1-3-7-19)28-22-9-5-4-8-20(21)22/h1-9,14,17-18,27H,10-13,15-16H2,(H,26,29)(H,30,31). The van der Waals surface area contributed by atoms with E-state index in [1.165, 1.54) is 0 Å². The first-order chi connectivity index (χ1) is 15.1. The number of nitrogens with zero attached hydrogens (tertiary/aromatic N) is 1. The molecule has 0 bridgehead atoms. The highest BCUT2D eigenvalue weighted by molar-refractivity contribution is 6.07. The molecule has 2 amide bonds. The van der Waals surface area contributed by atoms with Gasteiger partial charge in [0.2, 0.25) is 0 Å². The summed E-state index contributed by atoms with van der Waals surface area (Å²) < 4.78 is 0. The van der Waals surface area contributed by atoms with E-state index in [4.69, 9.17) is 10.1 Å². The number of nitrogens with one attached hydrogen (secondary N) is 2. The number of carboxylic acid groups (broad SMARTS) is 1. The molecule has 0 saturated heterocycles. The monoisotopic (exact) mass is 417 g/mol. The molecule has 1 fully saturated rings. The zero-order valence-electron chi connectivity index (χ0n) is 17.4. The van der Waals surface area contributed by atoms with Crippen LogP contribution in [0, 0.1) is 11.8 Å². The molecule has 0 unspecified atom stereocenters. The van der Waals surface area contributed by atoms with E-state index in [0.29, 0.717) is 30.5 Å². The van der Waals surface area contributed by atoms with Crippen LogP contribution < -0.4 is 10.6 Å². The van der Waals surface area contributed by atoms with Gasteiger partial charge in [-0.05, 0) is 49.7 Å². The summed E-state index contributed by atoms with van der Waals surface area (Å²) in [4.78, 5) is 28.5. The second-order valence-electron chi connectivity index (χ2n) is 8.22. The van der Waals surface area contributed by atoms with Crippen LogP contribution in [0.25, 0.3) is 22.2 Å². The molecule has 6 nitrogen and oxygen atoms in total. The quantitative estimate of drug-likeness (QED) is 0.542. The van der Waals surface area contributed by atoms with Crippen molar-refractivity contribution in [2.24, 2.45) is 11.8 Å². The van der Waals surface area contributed by atoms with Gasteiger partial charge in [0.1, 0.15) is 0 Å². The summed E-state index contributed by atoms with van der Waals surface area (Å²) in [5.74, 6) is 0.734. The fourth-order valence-corrected chi connectivity index (χ4v) is 4.32. The van der Waals surface area contributed by atoms with E-state index in [-0.39, 0.29) is 5.91 Å². The van der Waals surface area contributed by atoms with Gasteiger partial charge in [-0.15, -0.1) is 0 Å². The summed E-state index contributed by atoms with van der Waals surface area (Å²) in [6, 6.07) is 19.5. The highest BCUT2D eigenvalue weighted by Gasteiger charge is 2.22. The molecule has 160 valence electrons. The largest absolute Gasteiger partial charge is 0.465 e. The van der Waals surface area contributed by atoms with E-state index in [9.17, 15) is 9.59 Å². The summed E-state index contributed by atoms with van der Waals surface area (Å²) >= 11 is 0. The number of fused-ring (bicyclic) bond motifs is 1. The summed E-state index contributed by atoms with van der Waals surface area (Å²) in [6.07, 6.45) is 3.00. The molecule has 1 aromatic heterocycles. The molecule has 1 aliphatic carbocycles. The Kier molecular flexibility index (Phi) is 6.46. The van der Waals surface area contributed by atoms with Crippen LogP contribution in [0.3, 0.4) is 0 Å². The normalized spacial score (nSPS) is 18.5. The van der Waals surface area contributed by atoms with Crippen molar-refractivity contribution in [3.63, 3.8) is 0 Å². The summed E-state index contributed by atoms with van der Waals surface area (Å²) in [7, 11) is 0. The molecule has 3 aromatic rings. The molecule has 1 heterocycles. The number of para-hydroxylation sites is 1. The lowest BCUT2D eigenvalue weighted by atomic mass is 9.82. The average Bonchev–Trinajstić information content (AvgIpc) is 2.81. The van der Waals surface area contributed by atoms with Gasteiger partial charge in [0.15, 0.2) is 0 Å². The van der Waals surface area contributed by atoms with E-state index in [1.54, 1.807) is 0 Å². The molecule has 0 aliphatic heterocycles. The van der Waals surface area contributed by atoms with E-state index in [0.717, 1.165) is 47.8 Å². The Balaban J connectivity index is 1.44. The second-order valence-corrected chi connectivity index (χ2v) is 8.22. The van der Waals surface area contributed by atoms with Gasteiger partial charge in [-0.3, -0.25) is 4.79 Å². The maximum Gasteiger partial charge on any atom is 0.404 e. The van der Waals surface area contributed by atoms with Gasteiger partial charge in [-0.1, -0.05) is 48.5 Å². The highest BCUT2D eigenvalue weighted by Crippen LogP contribution is 2.28. The zero-order valence-corrected chi connectivity index (χ0v) is 17.4. The molecule has 0 atom stereocenters. The Labute approximate surface area is 181 Å². The van der Waals surface area contributed by atoms with Crippen LogP contribution in [-0.2, 0) is 0 Å². The fraction of sp³-hybridized carbons (Fsp3) is 0.320. The number of carbonyl (C=O) groups excluding carboxylic acids is 1. The molecule has 0 radical (unpaired) electrons. The Morgan fingerprint density at radius 3 is 2.16 bits per heavy atom. The number of benzene rings is 2. The molecule has 1 saturated carbocycles. The Morgan fingerprint density at radius 1 is 0.871 bits per heavy atom. The van der Waals surface area contributed by atoms with Crippen molar-refractivity contribution < 1.29 is 14.7 Å². The molecule has 3 N–H and O–H groups in total. The van der Waals surface area contributed by atoms with Gasteiger partial charge < -0.3 is 15.7 Å². The van der Waals surface area contributed by atoms with Gasteiger partial charge in [0.25, 0.3) is 5.91 Å². The molecule has 0 spiro atoms. The van der Waals surface area contributed by atoms with Crippen LogP contribution in [0.2, 0.25) is 0 Å². The number of aromatic nitrogens is 1. The van der Waals surface area contributed by atoms with Crippen molar-refractivity contribution in [3.8, 4) is 11.3 Å². The van der Waals surface area contributed by atoms with Crippen LogP contribution in [0.5, 0.6) is 0 Å². The first-order valence-electron chi connectivity index (χ1n) is 10.8. The lowest BCUT2D eigenvalue weighted by Crippen LogP contribution is -2.34. The number of pyridine rings is 1. The second kappa shape index (κ2) is 9.60. The molecule has 4 rings (SSSR count). The van der Waals surface area contributed by atoms with Crippen molar-refractivity contribution in [2.75, 3.05) is 13.1 Å². The van der Waals surface area contributed by atoms with E-state index in [1.807, 2.05) is 60.7 Å². The number of rotatable bonds is 6. The predicted octanol–water partition coefficient (Wildman–Crippen LogP) is 4.71. The minimum absolute atomic E-state index is 0.0783. The van der Waals surface area contributed by atoms with Crippen LogP contribution >= 0.6 is 0 Å². The topological polar surface area (TPSA) is 91.3 Å². The number of hydrogen-bond acceptors (Lipinski definition) is 3. The predicted molar refractivity (Wildman–Crippen MR) is 121 cm³/mol. The smallest absolute Gasteiger partial charge is 0.404 e. The molecule has 2 aromatic carbocycles. The third kappa shape index (κ3) is 5.20. The van der Waals surface area contributed by atoms with E-state index >= 15 is 0 Å². The zero-order chi connectivity index (χ0) is 21.6. The Bertz CT molecular complexity index is 1060.